The van der Waals surface area contributed by atoms with Crippen LogP contribution in [-0.4, -0.2) is 68.7 Å². The third-order valence-corrected chi connectivity index (χ3v) is 4.62. The van der Waals surface area contributed by atoms with Crippen LogP contribution in [0.3, 0.4) is 0 Å². The molecule has 3 unspecified atom stereocenters. The van der Waals surface area contributed by atoms with Crippen molar-refractivity contribution in [2.45, 2.75) is 76.1 Å². The molecule has 0 aliphatic carbocycles. The van der Waals surface area contributed by atoms with Gasteiger partial charge in [-0.15, -0.1) is 0 Å². The monoisotopic (exact) mass is 417 g/mol. The third-order valence-electron chi connectivity index (χ3n) is 4.39. The highest BCUT2D eigenvalue weighted by Gasteiger charge is 2.48. The summed E-state index contributed by atoms with van der Waals surface area (Å²) in [5.41, 5.74) is 0.422. The van der Waals surface area contributed by atoms with E-state index in [4.69, 9.17) is 21.1 Å². The van der Waals surface area contributed by atoms with E-state index in [1.807, 2.05) is 27.7 Å². The molecule has 0 saturated carbocycles. The summed E-state index contributed by atoms with van der Waals surface area (Å²) in [6, 6.07) is 6.64. The van der Waals surface area contributed by atoms with Crippen molar-refractivity contribution >= 4 is 17.6 Å². The number of hydrogen-bond acceptors (Lipinski definition) is 7. The maximum Gasteiger partial charge on any atom is 0.335 e. The molecule has 0 radical (unpaired) electrons. The molecule has 1 aromatic rings. The van der Waals surface area contributed by atoms with Crippen LogP contribution < -0.4 is 5.32 Å². The van der Waals surface area contributed by atoms with E-state index in [9.17, 15) is 25.2 Å². The fraction of sp³-hybridized carbons (Fsp3) is 0.632. The molecular formula is C19H28ClNO7. The van der Waals surface area contributed by atoms with E-state index in [-0.39, 0.29) is 11.6 Å². The zero-order valence-electron chi connectivity index (χ0n) is 16.2. The molecule has 1 aromatic carbocycles. The Morgan fingerprint density at radius 1 is 1.21 bits per heavy atom. The Labute approximate surface area is 169 Å². The van der Waals surface area contributed by atoms with Crippen molar-refractivity contribution in [1.82, 2.24) is 5.32 Å². The zero-order chi connectivity index (χ0) is 21.2. The summed E-state index contributed by atoms with van der Waals surface area (Å²) >= 11 is 6.10. The van der Waals surface area contributed by atoms with Crippen LogP contribution in [0.2, 0.25) is 5.02 Å². The standard InChI is InChI=1S/C19H28ClNO7/c1-9(21-19(2,3)4)15(10-6-5-7-11(20)8-10)27-18-14(24)12(22)13(23)16(28-18)17(25)26/h5-9,12-16,18,21-24H,1-4H3,(H,25,26)/t9-,12?,13-,14?,15-,16?,18-/m1/s1. The zero-order valence-corrected chi connectivity index (χ0v) is 17.0. The Kier molecular flexibility index (Phi) is 7.44. The van der Waals surface area contributed by atoms with Gasteiger partial charge in [-0.3, -0.25) is 0 Å². The summed E-state index contributed by atoms with van der Waals surface area (Å²) < 4.78 is 11.2. The van der Waals surface area contributed by atoms with Gasteiger partial charge >= 0.3 is 5.97 Å². The summed E-state index contributed by atoms with van der Waals surface area (Å²) in [4.78, 5) is 11.3. The predicted octanol–water partition coefficient (Wildman–Crippen LogP) is 1.07. The van der Waals surface area contributed by atoms with Gasteiger partial charge in [-0.2, -0.15) is 0 Å². The van der Waals surface area contributed by atoms with E-state index in [0.717, 1.165) is 0 Å². The van der Waals surface area contributed by atoms with Crippen molar-refractivity contribution in [3.63, 3.8) is 0 Å². The highest BCUT2D eigenvalue weighted by Crippen LogP contribution is 2.31. The molecule has 0 spiro atoms. The summed E-state index contributed by atoms with van der Waals surface area (Å²) in [5, 5.41) is 43.2. The van der Waals surface area contributed by atoms with Gasteiger partial charge in [0, 0.05) is 16.6 Å². The molecule has 1 heterocycles. The van der Waals surface area contributed by atoms with Crippen molar-refractivity contribution in [3.05, 3.63) is 34.9 Å². The van der Waals surface area contributed by atoms with Crippen molar-refractivity contribution in [2.24, 2.45) is 0 Å². The average molecular weight is 418 g/mol. The van der Waals surface area contributed by atoms with Gasteiger partial charge in [0.15, 0.2) is 12.4 Å². The fourth-order valence-corrected chi connectivity index (χ4v) is 3.44. The first kappa shape index (κ1) is 23.0. The van der Waals surface area contributed by atoms with Crippen LogP contribution in [0.1, 0.15) is 39.4 Å². The number of rotatable bonds is 6. The van der Waals surface area contributed by atoms with Crippen LogP contribution in [0.5, 0.6) is 0 Å². The third kappa shape index (κ3) is 5.64. The number of carbonyl (C=O) groups is 1. The van der Waals surface area contributed by atoms with E-state index in [1.165, 1.54) is 0 Å². The SMILES string of the molecule is C[C@@H](NC(C)(C)C)[C@@H](O[C@@H]1OC(C(=O)O)[C@H](O)C(O)C1O)c1cccc(Cl)c1. The Balaban J connectivity index is 2.31. The first-order valence-corrected chi connectivity index (χ1v) is 9.39. The predicted molar refractivity (Wildman–Crippen MR) is 102 cm³/mol. The van der Waals surface area contributed by atoms with Gasteiger partial charge < -0.3 is 35.2 Å². The minimum atomic E-state index is -1.78. The van der Waals surface area contributed by atoms with Crippen LogP contribution in [-0.2, 0) is 14.3 Å². The molecule has 0 aromatic heterocycles. The number of ether oxygens (including phenoxy) is 2. The van der Waals surface area contributed by atoms with Crippen LogP contribution in [0.15, 0.2) is 24.3 Å². The van der Waals surface area contributed by atoms with E-state index in [2.05, 4.69) is 5.32 Å². The molecule has 2 rings (SSSR count). The lowest BCUT2D eigenvalue weighted by Gasteiger charge is -2.41. The number of carboxylic acids is 1. The first-order chi connectivity index (χ1) is 12.9. The molecule has 1 saturated heterocycles. The van der Waals surface area contributed by atoms with E-state index in [1.54, 1.807) is 24.3 Å². The van der Waals surface area contributed by atoms with Crippen LogP contribution in [0.4, 0.5) is 0 Å². The molecule has 0 amide bonds. The smallest absolute Gasteiger partial charge is 0.335 e. The van der Waals surface area contributed by atoms with E-state index < -0.39 is 42.8 Å². The Hall–Kier alpha value is -1.26. The summed E-state index contributed by atoms with van der Waals surface area (Å²) in [7, 11) is 0. The minimum Gasteiger partial charge on any atom is -0.479 e. The van der Waals surface area contributed by atoms with Gasteiger partial charge in [-0.1, -0.05) is 23.7 Å². The molecule has 1 fully saturated rings. The quantitative estimate of drug-likeness (QED) is 0.465. The van der Waals surface area contributed by atoms with Crippen LogP contribution >= 0.6 is 11.6 Å². The van der Waals surface area contributed by atoms with E-state index >= 15 is 0 Å². The second-order valence-corrected chi connectivity index (χ2v) is 8.47. The summed E-state index contributed by atoms with van der Waals surface area (Å²) in [6.07, 6.45) is -9.02. The second-order valence-electron chi connectivity index (χ2n) is 8.03. The molecule has 9 heteroatoms. The van der Waals surface area contributed by atoms with Crippen molar-refractivity contribution in [3.8, 4) is 0 Å². The van der Waals surface area contributed by atoms with Gasteiger partial charge in [0.2, 0.25) is 0 Å². The maximum absolute atomic E-state index is 11.3. The number of hydrogen-bond donors (Lipinski definition) is 5. The number of benzene rings is 1. The van der Waals surface area contributed by atoms with Gasteiger partial charge in [0.1, 0.15) is 24.4 Å². The molecule has 1 aliphatic heterocycles. The Morgan fingerprint density at radius 3 is 2.39 bits per heavy atom. The minimum absolute atomic E-state index is 0.259. The first-order valence-electron chi connectivity index (χ1n) is 9.02. The van der Waals surface area contributed by atoms with Crippen molar-refractivity contribution in [1.29, 1.82) is 0 Å². The fourth-order valence-electron chi connectivity index (χ4n) is 3.24. The average Bonchev–Trinajstić information content (AvgIpc) is 2.57. The number of halogens is 1. The van der Waals surface area contributed by atoms with Crippen molar-refractivity contribution in [2.75, 3.05) is 0 Å². The lowest BCUT2D eigenvalue weighted by atomic mass is 9.97. The van der Waals surface area contributed by atoms with E-state index in [0.29, 0.717) is 10.6 Å². The molecule has 0 bridgehead atoms. The van der Waals surface area contributed by atoms with Gasteiger partial charge in [-0.25, -0.2) is 4.79 Å². The molecule has 7 atom stereocenters. The number of aliphatic hydroxyl groups is 3. The molecule has 8 nitrogen and oxygen atoms in total. The Morgan fingerprint density at radius 2 is 1.86 bits per heavy atom. The summed E-state index contributed by atoms with van der Waals surface area (Å²) in [5.74, 6) is -1.47. The molecule has 158 valence electrons. The van der Waals surface area contributed by atoms with Gasteiger partial charge in [0.05, 0.1) is 0 Å². The molecule has 28 heavy (non-hydrogen) atoms. The lowest BCUT2D eigenvalue weighted by molar-refractivity contribution is -0.307. The van der Waals surface area contributed by atoms with Crippen LogP contribution in [0.25, 0.3) is 0 Å². The highest BCUT2D eigenvalue weighted by atomic mass is 35.5. The van der Waals surface area contributed by atoms with Gasteiger partial charge in [-0.05, 0) is 45.4 Å². The lowest BCUT2D eigenvalue weighted by Crippen LogP contribution is -2.61. The largest absolute Gasteiger partial charge is 0.479 e. The summed E-state index contributed by atoms with van der Waals surface area (Å²) in [6.45, 7) is 7.80. The maximum atomic E-state index is 11.3. The van der Waals surface area contributed by atoms with Crippen molar-refractivity contribution < 1.29 is 34.7 Å². The van der Waals surface area contributed by atoms with Gasteiger partial charge in [0.25, 0.3) is 0 Å². The number of nitrogens with one attached hydrogen (secondary N) is 1. The number of carboxylic acid groups (broad SMARTS) is 1. The highest BCUT2D eigenvalue weighted by molar-refractivity contribution is 6.30. The molecule has 5 N–H and O–H groups in total. The second kappa shape index (κ2) is 9.04. The van der Waals surface area contributed by atoms with Crippen LogP contribution in [0, 0.1) is 0 Å². The number of aliphatic carboxylic acids is 1. The normalized spacial score (nSPS) is 30.6. The number of aliphatic hydroxyl groups excluding tert-OH is 3. The topological polar surface area (TPSA) is 128 Å². The Bertz CT molecular complexity index is 680. The molecule has 1 aliphatic rings. The molecular weight excluding hydrogens is 390 g/mol.